The van der Waals surface area contributed by atoms with Crippen molar-refractivity contribution in [3.8, 4) is 5.75 Å². The van der Waals surface area contributed by atoms with Gasteiger partial charge in [0.05, 0.1) is 6.61 Å². The summed E-state index contributed by atoms with van der Waals surface area (Å²) in [5.74, 6) is 0.0533. The first kappa shape index (κ1) is 18.0. The molecule has 0 spiro atoms. The lowest BCUT2D eigenvalue weighted by molar-refractivity contribution is -0.274. The van der Waals surface area contributed by atoms with E-state index in [2.05, 4.69) is 9.64 Å². The van der Waals surface area contributed by atoms with Crippen molar-refractivity contribution < 1.29 is 27.4 Å². The lowest BCUT2D eigenvalue weighted by Gasteiger charge is -2.41. The maximum Gasteiger partial charge on any atom is 0.573 e. The van der Waals surface area contributed by atoms with Gasteiger partial charge in [-0.2, -0.15) is 0 Å². The molecular weight excluding hydrogens is 337 g/mol. The standard InChI is InChI=1S/C17H21F3N2O3/c1-21-15-9-22(6-5-13(15)10-24-11-16(21)23)8-12-3-2-4-14(7-12)25-17(18,19)20/h2-4,7,13,15H,5-6,8-11H2,1H3/t13-,15-/m0/s1. The van der Waals surface area contributed by atoms with Crippen molar-refractivity contribution in [1.29, 1.82) is 0 Å². The normalized spacial score (nSPS) is 25.4. The van der Waals surface area contributed by atoms with Crippen LogP contribution in [-0.2, 0) is 16.1 Å². The zero-order valence-electron chi connectivity index (χ0n) is 14.0. The van der Waals surface area contributed by atoms with Crippen LogP contribution >= 0.6 is 0 Å². The van der Waals surface area contributed by atoms with E-state index in [1.54, 1.807) is 24.1 Å². The number of amides is 1. The number of fused-ring (bicyclic) bond motifs is 1. The lowest BCUT2D eigenvalue weighted by Crippen LogP contribution is -2.52. The molecule has 2 fully saturated rings. The molecule has 2 aliphatic heterocycles. The minimum atomic E-state index is -4.69. The Morgan fingerprint density at radius 1 is 1.36 bits per heavy atom. The highest BCUT2D eigenvalue weighted by molar-refractivity contribution is 5.77. The number of ether oxygens (including phenoxy) is 2. The Labute approximate surface area is 144 Å². The van der Waals surface area contributed by atoms with E-state index in [4.69, 9.17) is 4.74 Å². The van der Waals surface area contributed by atoms with E-state index < -0.39 is 6.36 Å². The molecule has 8 heteroatoms. The number of hydrogen-bond donors (Lipinski definition) is 0. The number of benzene rings is 1. The van der Waals surface area contributed by atoms with Crippen LogP contribution in [0.4, 0.5) is 13.2 Å². The molecule has 1 aromatic rings. The Hall–Kier alpha value is -1.80. The summed E-state index contributed by atoms with van der Waals surface area (Å²) < 4.78 is 46.5. The van der Waals surface area contributed by atoms with E-state index in [0.717, 1.165) is 18.5 Å². The van der Waals surface area contributed by atoms with E-state index in [1.807, 2.05) is 0 Å². The van der Waals surface area contributed by atoms with E-state index >= 15 is 0 Å². The summed E-state index contributed by atoms with van der Waals surface area (Å²) >= 11 is 0. The molecular formula is C17H21F3N2O3. The van der Waals surface area contributed by atoms with Gasteiger partial charge in [0.2, 0.25) is 5.91 Å². The van der Waals surface area contributed by atoms with E-state index in [-0.39, 0.29) is 24.3 Å². The van der Waals surface area contributed by atoms with Gasteiger partial charge in [-0.15, -0.1) is 13.2 Å². The van der Waals surface area contributed by atoms with Crippen LogP contribution in [0.5, 0.6) is 5.75 Å². The second kappa shape index (κ2) is 7.21. The van der Waals surface area contributed by atoms with Gasteiger partial charge in [-0.3, -0.25) is 9.69 Å². The van der Waals surface area contributed by atoms with Gasteiger partial charge in [-0.25, -0.2) is 0 Å². The third-order valence-electron chi connectivity index (χ3n) is 4.79. The van der Waals surface area contributed by atoms with Crippen LogP contribution in [-0.4, -0.2) is 61.5 Å². The van der Waals surface area contributed by atoms with Crippen molar-refractivity contribution in [3.05, 3.63) is 29.8 Å². The van der Waals surface area contributed by atoms with Gasteiger partial charge in [0.1, 0.15) is 12.4 Å². The summed E-state index contributed by atoms with van der Waals surface area (Å²) in [6.07, 6.45) is -3.80. The molecule has 2 heterocycles. The first-order chi connectivity index (χ1) is 11.8. The number of likely N-dealkylation sites (tertiary alicyclic amines) is 1. The predicted molar refractivity (Wildman–Crippen MR) is 83.9 cm³/mol. The zero-order chi connectivity index (χ0) is 18.0. The van der Waals surface area contributed by atoms with Crippen molar-refractivity contribution in [1.82, 2.24) is 9.80 Å². The maximum atomic E-state index is 12.4. The lowest BCUT2D eigenvalue weighted by atomic mass is 9.91. The fourth-order valence-corrected chi connectivity index (χ4v) is 3.51. The molecule has 2 saturated heterocycles. The van der Waals surface area contributed by atoms with Gasteiger partial charge in [0.25, 0.3) is 0 Å². The Morgan fingerprint density at radius 2 is 2.16 bits per heavy atom. The molecule has 25 heavy (non-hydrogen) atoms. The van der Waals surface area contributed by atoms with Gasteiger partial charge >= 0.3 is 6.36 Å². The fourth-order valence-electron chi connectivity index (χ4n) is 3.51. The second-order valence-electron chi connectivity index (χ2n) is 6.57. The Morgan fingerprint density at radius 3 is 2.92 bits per heavy atom. The molecule has 1 amide bonds. The second-order valence-corrected chi connectivity index (χ2v) is 6.57. The number of carbonyl (C=O) groups is 1. The molecule has 2 aliphatic rings. The van der Waals surface area contributed by atoms with Crippen molar-refractivity contribution in [2.24, 2.45) is 5.92 Å². The number of halogens is 3. The van der Waals surface area contributed by atoms with Gasteiger partial charge in [-0.05, 0) is 30.7 Å². The summed E-state index contributed by atoms with van der Waals surface area (Å²) in [5, 5.41) is 0. The number of likely N-dealkylation sites (N-methyl/N-ethyl adjacent to an activating group) is 1. The molecule has 0 radical (unpaired) electrons. The molecule has 0 saturated carbocycles. The average Bonchev–Trinajstić information content (AvgIpc) is 2.66. The Kier molecular flexibility index (Phi) is 5.19. The molecule has 0 aromatic heterocycles. The van der Waals surface area contributed by atoms with Crippen LogP contribution < -0.4 is 4.74 Å². The summed E-state index contributed by atoms with van der Waals surface area (Å²) in [7, 11) is 1.79. The molecule has 0 unspecified atom stereocenters. The first-order valence-corrected chi connectivity index (χ1v) is 8.22. The molecule has 138 valence electrons. The van der Waals surface area contributed by atoms with Crippen LogP contribution in [0.25, 0.3) is 0 Å². The number of alkyl halides is 3. The summed E-state index contributed by atoms with van der Waals surface area (Å²) in [6, 6.07) is 6.10. The monoisotopic (exact) mass is 358 g/mol. The van der Waals surface area contributed by atoms with Crippen LogP contribution in [0.15, 0.2) is 24.3 Å². The van der Waals surface area contributed by atoms with Gasteiger partial charge < -0.3 is 14.4 Å². The van der Waals surface area contributed by atoms with Crippen LogP contribution in [0.1, 0.15) is 12.0 Å². The largest absolute Gasteiger partial charge is 0.573 e. The SMILES string of the molecule is CN1C(=O)COC[C@@H]2CCN(Cc3cccc(OC(F)(F)F)c3)C[C@@H]21. The third kappa shape index (κ3) is 4.64. The van der Waals surface area contributed by atoms with E-state index in [9.17, 15) is 18.0 Å². The minimum absolute atomic E-state index is 0.0325. The fraction of sp³-hybridized carbons (Fsp3) is 0.588. The van der Waals surface area contributed by atoms with Gasteiger partial charge in [0, 0.05) is 32.1 Å². The van der Waals surface area contributed by atoms with Crippen molar-refractivity contribution in [2.75, 3.05) is 33.4 Å². The summed E-state index contributed by atoms with van der Waals surface area (Å²) in [5.41, 5.74) is 0.749. The van der Waals surface area contributed by atoms with Crippen molar-refractivity contribution in [2.45, 2.75) is 25.4 Å². The summed E-state index contributed by atoms with van der Waals surface area (Å²) in [4.78, 5) is 15.9. The molecule has 0 aliphatic carbocycles. The van der Waals surface area contributed by atoms with Crippen LogP contribution in [0.3, 0.4) is 0 Å². The maximum absolute atomic E-state index is 12.4. The number of hydrogen-bond acceptors (Lipinski definition) is 4. The molecule has 2 atom stereocenters. The molecule has 1 aromatic carbocycles. The predicted octanol–water partition coefficient (Wildman–Crippen LogP) is 2.26. The van der Waals surface area contributed by atoms with E-state index in [1.165, 1.54) is 12.1 Å². The average molecular weight is 358 g/mol. The van der Waals surface area contributed by atoms with Crippen LogP contribution in [0.2, 0.25) is 0 Å². The third-order valence-corrected chi connectivity index (χ3v) is 4.79. The quantitative estimate of drug-likeness (QED) is 0.831. The highest BCUT2D eigenvalue weighted by atomic mass is 19.4. The van der Waals surface area contributed by atoms with Gasteiger partial charge in [0.15, 0.2) is 0 Å². The van der Waals surface area contributed by atoms with Crippen molar-refractivity contribution in [3.63, 3.8) is 0 Å². The number of carbonyl (C=O) groups excluding carboxylic acids is 1. The van der Waals surface area contributed by atoms with E-state index in [0.29, 0.717) is 25.6 Å². The minimum Gasteiger partial charge on any atom is -0.406 e. The molecule has 3 rings (SSSR count). The molecule has 5 nitrogen and oxygen atoms in total. The number of rotatable bonds is 3. The highest BCUT2D eigenvalue weighted by Crippen LogP contribution is 2.27. The number of nitrogens with zero attached hydrogens (tertiary/aromatic N) is 2. The molecule has 0 N–H and O–H groups in total. The summed E-state index contributed by atoms with van der Waals surface area (Å²) in [6.45, 7) is 2.70. The number of piperidine rings is 1. The Bertz CT molecular complexity index is 623. The highest BCUT2D eigenvalue weighted by Gasteiger charge is 2.36. The molecule has 0 bridgehead atoms. The van der Waals surface area contributed by atoms with Crippen molar-refractivity contribution >= 4 is 5.91 Å². The topological polar surface area (TPSA) is 42.0 Å². The Balaban J connectivity index is 1.66. The first-order valence-electron chi connectivity index (χ1n) is 8.22. The van der Waals surface area contributed by atoms with Crippen LogP contribution in [0, 0.1) is 5.92 Å². The zero-order valence-corrected chi connectivity index (χ0v) is 14.0. The van der Waals surface area contributed by atoms with Gasteiger partial charge in [-0.1, -0.05) is 12.1 Å². The smallest absolute Gasteiger partial charge is 0.406 e.